The largest absolute Gasteiger partial charge is 0.489 e. The number of nitrogens with one attached hydrogen (secondary N) is 2. The molecule has 2 aromatic carbocycles. The third kappa shape index (κ3) is 17.4. The van der Waals surface area contributed by atoms with E-state index in [1.165, 1.54) is 0 Å². The molecule has 0 fully saturated rings. The number of hydrogen-bond acceptors (Lipinski definition) is 7. The molecule has 1 amide bonds. The zero-order chi connectivity index (χ0) is 32.4. The molecule has 8 nitrogen and oxygen atoms in total. The number of carbonyl (C=O) groups excluding carboxylic acids is 1. The van der Waals surface area contributed by atoms with Crippen LogP contribution >= 0.6 is 36.4 Å². The number of nitrogens with zero attached hydrogens (tertiary/aromatic N) is 2. The van der Waals surface area contributed by atoms with Crippen LogP contribution in [0.2, 0.25) is 5.02 Å². The molecule has 1 atom stereocenters. The van der Waals surface area contributed by atoms with Crippen molar-refractivity contribution in [2.45, 2.75) is 77.2 Å². The van der Waals surface area contributed by atoms with Crippen molar-refractivity contribution >= 4 is 42.5 Å². The number of amides is 1. The highest BCUT2D eigenvalue weighted by Crippen LogP contribution is 2.25. The Hall–Kier alpha value is -3.32. The van der Waals surface area contributed by atoms with Gasteiger partial charge in [-0.2, -0.15) is 5.26 Å². The zero-order valence-corrected chi connectivity index (χ0v) is 29.4. The van der Waals surface area contributed by atoms with Crippen molar-refractivity contribution < 1.29 is 19.4 Å². The van der Waals surface area contributed by atoms with E-state index in [0.29, 0.717) is 23.7 Å². The quantitative estimate of drug-likeness (QED) is 0.139. The second-order valence-corrected chi connectivity index (χ2v) is 12.1. The first kappa shape index (κ1) is 42.7. The van der Waals surface area contributed by atoms with Gasteiger partial charge >= 0.3 is 6.09 Å². The smallest absolute Gasteiger partial charge is 0.407 e. The summed E-state index contributed by atoms with van der Waals surface area (Å²) in [6.45, 7) is 12.5. The minimum Gasteiger partial charge on any atom is -0.489 e. The van der Waals surface area contributed by atoms with Gasteiger partial charge in [-0.25, -0.2) is 4.79 Å². The summed E-state index contributed by atoms with van der Waals surface area (Å²) in [5.41, 5.74) is 1.92. The van der Waals surface area contributed by atoms with Crippen LogP contribution in [0.5, 0.6) is 5.75 Å². The highest BCUT2D eigenvalue weighted by Gasteiger charge is 2.20. The summed E-state index contributed by atoms with van der Waals surface area (Å²) in [5.74, 6) is 0.388. The Kier molecular flexibility index (Phi) is 20.6. The average molecular weight is 694 g/mol. The highest BCUT2D eigenvalue weighted by molar-refractivity contribution is 6.31. The van der Waals surface area contributed by atoms with Gasteiger partial charge in [0.2, 0.25) is 0 Å². The lowest BCUT2D eigenvalue weighted by atomic mass is 9.96. The summed E-state index contributed by atoms with van der Waals surface area (Å²) >= 11 is 5.98. The van der Waals surface area contributed by atoms with Crippen LogP contribution in [-0.4, -0.2) is 46.5 Å². The van der Waals surface area contributed by atoms with Crippen molar-refractivity contribution in [3.05, 3.63) is 107 Å². The average Bonchev–Trinajstić information content (AvgIpc) is 2.99. The predicted octanol–water partition coefficient (Wildman–Crippen LogP) is 7.85. The first-order valence-electron chi connectivity index (χ1n) is 14.7. The molecule has 0 saturated carbocycles. The summed E-state index contributed by atoms with van der Waals surface area (Å²) in [6.07, 6.45) is 6.11. The number of rotatable bonds is 15. The molecule has 0 aliphatic rings. The van der Waals surface area contributed by atoms with E-state index in [1.807, 2.05) is 74.6 Å². The number of alkyl carbamates (subject to hydrolysis) is 1. The molecular formula is C35H47Cl3N4O4. The van der Waals surface area contributed by atoms with Crippen LogP contribution in [0, 0.1) is 11.3 Å². The molecule has 3 aromatic rings. The van der Waals surface area contributed by atoms with Crippen LogP contribution in [-0.2, 0) is 17.8 Å². The van der Waals surface area contributed by atoms with E-state index >= 15 is 0 Å². The van der Waals surface area contributed by atoms with Gasteiger partial charge in [-0.3, -0.25) is 4.98 Å². The maximum absolute atomic E-state index is 11.5. The Morgan fingerprint density at radius 3 is 2.39 bits per heavy atom. The Morgan fingerprint density at radius 2 is 1.76 bits per heavy atom. The number of hydrogen-bond donors (Lipinski definition) is 3. The first-order chi connectivity index (χ1) is 20.9. The van der Waals surface area contributed by atoms with E-state index in [-0.39, 0.29) is 54.7 Å². The lowest BCUT2D eigenvalue weighted by Crippen LogP contribution is -2.44. The van der Waals surface area contributed by atoms with Gasteiger partial charge in [0.15, 0.2) is 0 Å². The summed E-state index contributed by atoms with van der Waals surface area (Å²) in [6, 6.07) is 22.6. The number of pyridine rings is 1. The van der Waals surface area contributed by atoms with Gasteiger partial charge in [0.25, 0.3) is 0 Å². The standard InChI is InChI=1S/C21H26ClN3O2.C14H19NO2.2ClH/c1-21(2,11-6-8-16-7-3-4-12-24-16)25-14-17(26)15-27-20-10-5-9-19(22)18(20)13-23;1-4-10-14(2,3)15-13(16)17-11-12-8-6-5-7-9-12;;/h3-5,7,9-10,12,17,25-26H,6,8,11,14-15H2,1-2H3;4-9H,1,10-11H2,2-3H3,(H,15,16);2*1H/t17-;;;/m1.../s1. The number of aryl methyl sites for hydroxylation is 1. The van der Waals surface area contributed by atoms with E-state index in [9.17, 15) is 9.90 Å². The molecule has 0 aliphatic carbocycles. The number of aliphatic hydroxyl groups is 1. The third-order valence-electron chi connectivity index (χ3n) is 6.60. The molecule has 0 aliphatic heterocycles. The molecule has 252 valence electrons. The molecule has 1 aromatic heterocycles. The van der Waals surface area contributed by atoms with E-state index in [1.54, 1.807) is 24.3 Å². The van der Waals surface area contributed by atoms with Crippen LogP contribution in [0.3, 0.4) is 0 Å². The van der Waals surface area contributed by atoms with E-state index in [4.69, 9.17) is 26.3 Å². The number of ether oxygens (including phenoxy) is 2. The molecule has 11 heteroatoms. The van der Waals surface area contributed by atoms with Crippen LogP contribution in [0.25, 0.3) is 0 Å². The fraction of sp³-hybridized carbons (Fsp3) is 0.400. The lowest BCUT2D eigenvalue weighted by Gasteiger charge is -2.28. The number of nitriles is 1. The molecule has 1 heterocycles. The summed E-state index contributed by atoms with van der Waals surface area (Å²) in [4.78, 5) is 15.9. The van der Waals surface area contributed by atoms with Crippen molar-refractivity contribution in [2.75, 3.05) is 13.2 Å². The first-order valence-corrected chi connectivity index (χ1v) is 15.1. The monoisotopic (exact) mass is 692 g/mol. The van der Waals surface area contributed by atoms with Crippen LogP contribution in [0.1, 0.15) is 63.8 Å². The molecule has 3 rings (SSSR count). The Morgan fingerprint density at radius 1 is 1.07 bits per heavy atom. The predicted molar refractivity (Wildman–Crippen MR) is 190 cm³/mol. The molecule has 0 bridgehead atoms. The van der Waals surface area contributed by atoms with Gasteiger partial charge in [0, 0.05) is 29.5 Å². The van der Waals surface area contributed by atoms with Gasteiger partial charge in [0.05, 0.1) is 5.02 Å². The minimum atomic E-state index is -0.689. The lowest BCUT2D eigenvalue weighted by molar-refractivity contribution is 0.0978. The number of aliphatic hydroxyl groups excluding tert-OH is 1. The normalized spacial score (nSPS) is 11.2. The maximum atomic E-state index is 11.5. The summed E-state index contributed by atoms with van der Waals surface area (Å²) < 4.78 is 10.7. The minimum absolute atomic E-state index is 0. The molecule has 3 N–H and O–H groups in total. The van der Waals surface area contributed by atoms with Gasteiger partial charge in [-0.15, -0.1) is 31.4 Å². The number of aromatic nitrogens is 1. The third-order valence-corrected chi connectivity index (χ3v) is 6.92. The second-order valence-electron chi connectivity index (χ2n) is 11.7. The van der Waals surface area contributed by atoms with Crippen LogP contribution in [0.4, 0.5) is 4.79 Å². The van der Waals surface area contributed by atoms with E-state index < -0.39 is 12.2 Å². The molecule has 0 unspecified atom stereocenters. The van der Waals surface area contributed by atoms with Crippen LogP contribution < -0.4 is 15.4 Å². The van der Waals surface area contributed by atoms with Crippen molar-refractivity contribution in [1.82, 2.24) is 15.6 Å². The van der Waals surface area contributed by atoms with Crippen molar-refractivity contribution in [3.63, 3.8) is 0 Å². The van der Waals surface area contributed by atoms with Gasteiger partial charge in [-0.05, 0) is 83.2 Å². The summed E-state index contributed by atoms with van der Waals surface area (Å²) in [5, 5.41) is 25.9. The Balaban J connectivity index is 0.000000927. The van der Waals surface area contributed by atoms with Gasteiger partial charge in [-0.1, -0.05) is 60.1 Å². The maximum Gasteiger partial charge on any atom is 0.407 e. The van der Waals surface area contributed by atoms with E-state index in [0.717, 1.165) is 30.5 Å². The fourth-order valence-corrected chi connectivity index (χ4v) is 4.37. The fourth-order valence-electron chi connectivity index (χ4n) is 4.17. The van der Waals surface area contributed by atoms with Gasteiger partial charge < -0.3 is 25.2 Å². The van der Waals surface area contributed by atoms with Crippen molar-refractivity contribution in [3.8, 4) is 11.8 Å². The SMILES string of the molecule is C=CCC(C)(C)NC(=O)OCc1ccccc1.CC(C)(CCCc1ccccn1)NC[C@@H](O)COc1cccc(Cl)c1C#N.Cl.Cl. The zero-order valence-electron chi connectivity index (χ0n) is 27.0. The molecule has 0 spiro atoms. The van der Waals surface area contributed by atoms with Crippen molar-refractivity contribution in [1.29, 1.82) is 5.26 Å². The molecule has 46 heavy (non-hydrogen) atoms. The number of β-amino-alcohol motifs (C(OH)–C–C–N with tert-alkyl or cyclic N) is 1. The number of benzene rings is 2. The van der Waals surface area contributed by atoms with Crippen LogP contribution in [0.15, 0.2) is 85.6 Å². The molecule has 0 radical (unpaired) electrons. The topological polar surface area (TPSA) is 116 Å². The number of carbonyl (C=O) groups is 1. The van der Waals surface area contributed by atoms with Gasteiger partial charge in [0.1, 0.15) is 36.7 Å². The Bertz CT molecular complexity index is 1340. The van der Waals surface area contributed by atoms with Crippen molar-refractivity contribution in [2.24, 2.45) is 0 Å². The Labute approximate surface area is 291 Å². The molecular weight excluding hydrogens is 647 g/mol. The highest BCUT2D eigenvalue weighted by atomic mass is 35.5. The number of halogens is 3. The summed E-state index contributed by atoms with van der Waals surface area (Å²) in [7, 11) is 0. The second kappa shape index (κ2) is 22.2. The molecule has 0 saturated heterocycles. The van der Waals surface area contributed by atoms with E-state index in [2.05, 4.69) is 36.0 Å².